The van der Waals surface area contributed by atoms with Gasteiger partial charge in [0, 0.05) is 16.3 Å². The van der Waals surface area contributed by atoms with Crippen LogP contribution in [0.5, 0.6) is 0 Å². The van der Waals surface area contributed by atoms with E-state index in [0.29, 0.717) is 5.69 Å². The summed E-state index contributed by atoms with van der Waals surface area (Å²) in [7, 11) is 0. The van der Waals surface area contributed by atoms with Crippen molar-refractivity contribution in [3.05, 3.63) is 66.7 Å². The fourth-order valence-corrected chi connectivity index (χ4v) is 2.65. The molecule has 2 aromatic carbocycles. The molecule has 3 nitrogen and oxygen atoms in total. The van der Waals surface area contributed by atoms with Crippen molar-refractivity contribution in [2.24, 2.45) is 0 Å². The molecule has 0 heterocycles. The number of para-hydroxylation sites is 2. The smallest absolute Gasteiger partial charge is 0.228 e. The zero-order chi connectivity index (χ0) is 15.1. The topological polar surface area (TPSA) is 55.1 Å². The van der Waals surface area contributed by atoms with E-state index in [1.165, 1.54) is 0 Å². The van der Waals surface area contributed by atoms with Crippen molar-refractivity contribution < 1.29 is 4.79 Å². The lowest BCUT2D eigenvalue weighted by Gasteiger charge is -2.11. The highest BCUT2D eigenvalue weighted by Gasteiger charge is 2.09. The Kier molecular flexibility index (Phi) is 5.46. The molecule has 2 rings (SSSR count). The number of carbonyl (C=O) groups excluding carboxylic acids is 1. The van der Waals surface area contributed by atoms with E-state index < -0.39 is 0 Å². The Labute approximate surface area is 129 Å². The Hall–Kier alpha value is -2.20. The van der Waals surface area contributed by atoms with Crippen LogP contribution in [0.4, 0.5) is 11.4 Å². The first kappa shape index (κ1) is 15.2. The molecule has 1 amide bonds. The first-order valence-corrected chi connectivity index (χ1v) is 7.65. The molecule has 0 radical (unpaired) electrons. The van der Waals surface area contributed by atoms with E-state index in [9.17, 15) is 4.79 Å². The van der Waals surface area contributed by atoms with E-state index in [-0.39, 0.29) is 12.3 Å². The largest absolute Gasteiger partial charge is 0.398 e. The van der Waals surface area contributed by atoms with Crippen molar-refractivity contribution in [2.45, 2.75) is 11.3 Å². The highest BCUT2D eigenvalue weighted by molar-refractivity contribution is 7.99. The highest BCUT2D eigenvalue weighted by Crippen LogP contribution is 2.27. The summed E-state index contributed by atoms with van der Waals surface area (Å²) >= 11 is 1.64. The second-order valence-corrected chi connectivity index (χ2v) is 5.58. The minimum absolute atomic E-state index is 0.0699. The summed E-state index contributed by atoms with van der Waals surface area (Å²) in [5.41, 5.74) is 8.17. The predicted molar refractivity (Wildman–Crippen MR) is 90.6 cm³/mol. The maximum absolute atomic E-state index is 12.2. The van der Waals surface area contributed by atoms with Crippen molar-refractivity contribution in [3.8, 4) is 0 Å². The molecule has 21 heavy (non-hydrogen) atoms. The number of amides is 1. The second-order valence-electron chi connectivity index (χ2n) is 4.52. The molecule has 0 spiro atoms. The van der Waals surface area contributed by atoms with Gasteiger partial charge in [-0.1, -0.05) is 36.4 Å². The lowest BCUT2D eigenvalue weighted by atomic mass is 10.1. The second kappa shape index (κ2) is 7.55. The molecular weight excluding hydrogens is 280 g/mol. The molecule has 2 aromatic rings. The van der Waals surface area contributed by atoms with Crippen molar-refractivity contribution in [1.82, 2.24) is 0 Å². The maximum Gasteiger partial charge on any atom is 0.228 e. The zero-order valence-corrected chi connectivity index (χ0v) is 12.5. The van der Waals surface area contributed by atoms with Crippen LogP contribution in [0.15, 0.2) is 66.1 Å². The van der Waals surface area contributed by atoms with Gasteiger partial charge >= 0.3 is 0 Å². The van der Waals surface area contributed by atoms with E-state index in [2.05, 4.69) is 11.9 Å². The number of thioether (sulfide) groups is 1. The van der Waals surface area contributed by atoms with E-state index >= 15 is 0 Å². The van der Waals surface area contributed by atoms with Gasteiger partial charge in [0.1, 0.15) is 0 Å². The number of hydrogen-bond donors (Lipinski definition) is 2. The third kappa shape index (κ3) is 4.39. The SMILES string of the molecule is C=CCSc1ccccc1NC(=O)Cc1ccccc1N. The Morgan fingerprint density at radius 3 is 2.67 bits per heavy atom. The molecule has 0 aliphatic heterocycles. The van der Waals surface area contributed by atoms with Crippen molar-refractivity contribution in [1.29, 1.82) is 0 Å². The molecule has 0 saturated carbocycles. The van der Waals surface area contributed by atoms with Crippen LogP contribution >= 0.6 is 11.8 Å². The third-order valence-corrected chi connectivity index (χ3v) is 3.99. The van der Waals surface area contributed by atoms with Crippen LogP contribution in [0, 0.1) is 0 Å². The number of rotatable bonds is 6. The van der Waals surface area contributed by atoms with Crippen LogP contribution in [-0.4, -0.2) is 11.7 Å². The molecule has 0 aliphatic rings. The van der Waals surface area contributed by atoms with Gasteiger partial charge in [0.2, 0.25) is 5.91 Å². The molecule has 0 saturated heterocycles. The number of nitrogen functional groups attached to an aromatic ring is 1. The number of anilines is 2. The minimum atomic E-state index is -0.0699. The highest BCUT2D eigenvalue weighted by atomic mass is 32.2. The van der Waals surface area contributed by atoms with Gasteiger partial charge in [0.15, 0.2) is 0 Å². The van der Waals surface area contributed by atoms with Crippen molar-refractivity contribution >= 4 is 29.0 Å². The summed E-state index contributed by atoms with van der Waals surface area (Å²) in [6, 6.07) is 15.2. The van der Waals surface area contributed by atoms with Gasteiger partial charge < -0.3 is 11.1 Å². The average Bonchev–Trinajstić information content (AvgIpc) is 2.49. The van der Waals surface area contributed by atoms with Gasteiger partial charge in [-0.3, -0.25) is 4.79 Å². The number of nitrogens with one attached hydrogen (secondary N) is 1. The number of benzene rings is 2. The van der Waals surface area contributed by atoms with Crippen LogP contribution < -0.4 is 11.1 Å². The fourth-order valence-electron chi connectivity index (χ4n) is 1.91. The summed E-state index contributed by atoms with van der Waals surface area (Å²) in [6.45, 7) is 3.71. The first-order valence-electron chi connectivity index (χ1n) is 6.66. The van der Waals surface area contributed by atoms with E-state index in [1.54, 1.807) is 17.8 Å². The fraction of sp³-hybridized carbons (Fsp3) is 0.118. The molecule has 0 atom stereocenters. The average molecular weight is 298 g/mol. The van der Waals surface area contributed by atoms with Crippen LogP contribution in [0.3, 0.4) is 0 Å². The molecule has 3 N–H and O–H groups in total. The van der Waals surface area contributed by atoms with Gasteiger partial charge in [-0.25, -0.2) is 0 Å². The number of hydrogen-bond acceptors (Lipinski definition) is 3. The quantitative estimate of drug-likeness (QED) is 0.485. The summed E-state index contributed by atoms with van der Waals surface area (Å²) in [6.07, 6.45) is 2.11. The maximum atomic E-state index is 12.2. The number of carbonyl (C=O) groups is 1. The Bertz CT molecular complexity index is 640. The zero-order valence-electron chi connectivity index (χ0n) is 11.7. The molecule has 0 unspecified atom stereocenters. The molecule has 0 fully saturated rings. The van der Waals surface area contributed by atoms with Crippen LogP contribution in [0.1, 0.15) is 5.56 Å². The van der Waals surface area contributed by atoms with Crippen molar-refractivity contribution in [2.75, 3.05) is 16.8 Å². The van der Waals surface area contributed by atoms with Crippen LogP contribution in [-0.2, 0) is 11.2 Å². The lowest BCUT2D eigenvalue weighted by molar-refractivity contribution is -0.115. The Morgan fingerprint density at radius 1 is 1.19 bits per heavy atom. The molecule has 0 aromatic heterocycles. The van der Waals surface area contributed by atoms with Crippen molar-refractivity contribution in [3.63, 3.8) is 0 Å². The molecule has 0 bridgehead atoms. The van der Waals surface area contributed by atoms with Crippen LogP contribution in [0.25, 0.3) is 0 Å². The Morgan fingerprint density at radius 2 is 1.90 bits per heavy atom. The molecule has 0 aliphatic carbocycles. The van der Waals surface area contributed by atoms with Gasteiger partial charge in [-0.2, -0.15) is 0 Å². The number of nitrogens with two attached hydrogens (primary N) is 1. The summed E-state index contributed by atoms with van der Waals surface area (Å²) in [5, 5.41) is 2.95. The van der Waals surface area contributed by atoms with Gasteiger partial charge in [0.25, 0.3) is 0 Å². The standard InChI is InChI=1S/C17H18N2OS/c1-2-11-21-16-10-6-5-9-15(16)19-17(20)12-13-7-3-4-8-14(13)18/h2-10H,1,11-12,18H2,(H,19,20). The van der Waals surface area contributed by atoms with Gasteiger partial charge in [0.05, 0.1) is 12.1 Å². The summed E-state index contributed by atoms with van der Waals surface area (Å²) in [5.74, 6) is 0.734. The monoisotopic (exact) mass is 298 g/mol. The molecule has 4 heteroatoms. The van der Waals surface area contributed by atoms with Crippen LogP contribution in [0.2, 0.25) is 0 Å². The lowest BCUT2D eigenvalue weighted by Crippen LogP contribution is -2.15. The molecule has 108 valence electrons. The summed E-state index contributed by atoms with van der Waals surface area (Å²) in [4.78, 5) is 13.2. The van der Waals surface area contributed by atoms with E-state index in [1.807, 2.05) is 48.5 Å². The van der Waals surface area contributed by atoms with Gasteiger partial charge in [-0.15, -0.1) is 18.3 Å². The van der Waals surface area contributed by atoms with Gasteiger partial charge in [-0.05, 0) is 23.8 Å². The first-order chi connectivity index (χ1) is 10.2. The Balaban J connectivity index is 2.06. The molecular formula is C17H18N2OS. The third-order valence-electron chi connectivity index (χ3n) is 2.92. The normalized spacial score (nSPS) is 10.1. The minimum Gasteiger partial charge on any atom is -0.398 e. The summed E-state index contributed by atoms with van der Waals surface area (Å²) < 4.78 is 0. The predicted octanol–water partition coefficient (Wildman–Crippen LogP) is 3.73. The van der Waals surface area contributed by atoms with E-state index in [4.69, 9.17) is 5.73 Å². The van der Waals surface area contributed by atoms with E-state index in [0.717, 1.165) is 21.9 Å².